The number of hydrogen-bond donors (Lipinski definition) is 0. The lowest BCUT2D eigenvalue weighted by Crippen LogP contribution is -2.24. The number of benzene rings is 1. The minimum Gasteiger partial charge on any atom is -0.493 e. The standard InChI is InChI=1S/C25H25N3O3S2/c1-30-19-10-9-16(14-20(19)31-2)11-13-28-24(29)22-18-7-5-8-21(18)33-23(22)27-25(28)32-15-17-6-3-4-12-26-17/h3-4,6,9-10,12,14H,5,7-8,11,13,15H2,1-2H3. The molecule has 6 nitrogen and oxygen atoms in total. The smallest absolute Gasteiger partial charge is 0.263 e. The summed E-state index contributed by atoms with van der Waals surface area (Å²) in [6.45, 7) is 0.548. The third-order valence-electron chi connectivity index (χ3n) is 5.94. The van der Waals surface area contributed by atoms with Crippen LogP contribution in [0.5, 0.6) is 11.5 Å². The molecule has 0 saturated heterocycles. The van der Waals surface area contributed by atoms with Gasteiger partial charge in [-0.25, -0.2) is 4.98 Å². The van der Waals surface area contributed by atoms with Crippen LogP contribution in [0.25, 0.3) is 10.2 Å². The highest BCUT2D eigenvalue weighted by molar-refractivity contribution is 7.98. The molecule has 1 aromatic carbocycles. The van der Waals surface area contributed by atoms with Gasteiger partial charge in [-0.05, 0) is 61.1 Å². The van der Waals surface area contributed by atoms with Crippen molar-refractivity contribution in [3.05, 3.63) is 74.6 Å². The van der Waals surface area contributed by atoms with Crippen LogP contribution in [-0.2, 0) is 31.6 Å². The molecule has 5 rings (SSSR count). The van der Waals surface area contributed by atoms with Crippen molar-refractivity contribution in [3.8, 4) is 11.5 Å². The fraction of sp³-hybridized carbons (Fsp3) is 0.320. The van der Waals surface area contributed by atoms with Gasteiger partial charge in [-0.15, -0.1) is 11.3 Å². The van der Waals surface area contributed by atoms with Gasteiger partial charge in [0.15, 0.2) is 16.7 Å². The van der Waals surface area contributed by atoms with Gasteiger partial charge in [-0.1, -0.05) is 23.9 Å². The van der Waals surface area contributed by atoms with Crippen molar-refractivity contribution >= 4 is 33.3 Å². The molecule has 0 saturated carbocycles. The summed E-state index contributed by atoms with van der Waals surface area (Å²) in [5, 5.41) is 1.57. The van der Waals surface area contributed by atoms with Crippen molar-refractivity contribution < 1.29 is 9.47 Å². The largest absolute Gasteiger partial charge is 0.493 e. The van der Waals surface area contributed by atoms with Crippen LogP contribution in [0.1, 0.15) is 28.1 Å². The molecule has 8 heteroatoms. The van der Waals surface area contributed by atoms with Gasteiger partial charge in [0, 0.05) is 23.4 Å². The van der Waals surface area contributed by atoms with Crippen molar-refractivity contribution in [2.45, 2.75) is 43.1 Å². The molecule has 0 fully saturated rings. The highest BCUT2D eigenvalue weighted by atomic mass is 32.2. The minimum absolute atomic E-state index is 0.0726. The van der Waals surface area contributed by atoms with E-state index in [2.05, 4.69) is 4.98 Å². The first-order valence-electron chi connectivity index (χ1n) is 11.0. The zero-order valence-electron chi connectivity index (χ0n) is 18.7. The molecule has 0 radical (unpaired) electrons. The maximum atomic E-state index is 13.7. The van der Waals surface area contributed by atoms with Crippen LogP contribution in [0, 0.1) is 0 Å². The van der Waals surface area contributed by atoms with Crippen molar-refractivity contribution in [2.24, 2.45) is 0 Å². The molecule has 0 atom stereocenters. The van der Waals surface area contributed by atoms with Gasteiger partial charge in [-0.3, -0.25) is 14.3 Å². The Kier molecular flexibility index (Phi) is 6.37. The first kappa shape index (κ1) is 22.0. The number of aryl methyl sites for hydroxylation is 3. The summed E-state index contributed by atoms with van der Waals surface area (Å²) < 4.78 is 12.6. The fourth-order valence-electron chi connectivity index (χ4n) is 4.26. The predicted octanol–water partition coefficient (Wildman–Crippen LogP) is 4.89. The highest BCUT2D eigenvalue weighted by Crippen LogP contribution is 2.36. The molecule has 0 bridgehead atoms. The number of thiophene rings is 1. The van der Waals surface area contributed by atoms with Crippen LogP contribution in [0.2, 0.25) is 0 Å². The van der Waals surface area contributed by atoms with E-state index in [0.717, 1.165) is 45.9 Å². The third-order valence-corrected chi connectivity index (χ3v) is 8.13. The van der Waals surface area contributed by atoms with E-state index in [-0.39, 0.29) is 5.56 Å². The first-order chi connectivity index (χ1) is 16.2. The van der Waals surface area contributed by atoms with Gasteiger partial charge in [0.1, 0.15) is 4.83 Å². The molecule has 170 valence electrons. The van der Waals surface area contributed by atoms with Crippen LogP contribution in [0.3, 0.4) is 0 Å². The van der Waals surface area contributed by atoms with Gasteiger partial charge in [0.05, 0.1) is 25.3 Å². The molecule has 0 unspecified atom stereocenters. The normalized spacial score (nSPS) is 12.8. The molecular weight excluding hydrogens is 454 g/mol. The van der Waals surface area contributed by atoms with Crippen LogP contribution in [-0.4, -0.2) is 28.8 Å². The quantitative estimate of drug-likeness (QED) is 0.265. The van der Waals surface area contributed by atoms with E-state index in [1.165, 1.54) is 10.4 Å². The summed E-state index contributed by atoms with van der Waals surface area (Å²) in [6.07, 6.45) is 5.63. The number of thioether (sulfide) groups is 1. The molecule has 1 aliphatic carbocycles. The Morgan fingerprint density at radius 2 is 2.00 bits per heavy atom. The molecule has 1 aliphatic rings. The zero-order chi connectivity index (χ0) is 22.8. The number of fused-ring (bicyclic) bond motifs is 3. The summed E-state index contributed by atoms with van der Waals surface area (Å²) in [6, 6.07) is 11.8. The van der Waals surface area contributed by atoms with Crippen LogP contribution in [0.4, 0.5) is 0 Å². The lowest BCUT2D eigenvalue weighted by atomic mass is 10.1. The Balaban J connectivity index is 1.49. The van der Waals surface area contributed by atoms with Gasteiger partial charge in [0.2, 0.25) is 0 Å². The second kappa shape index (κ2) is 9.57. The topological polar surface area (TPSA) is 66.2 Å². The number of aromatic nitrogens is 3. The molecule has 3 aromatic heterocycles. The Hall–Kier alpha value is -2.84. The lowest BCUT2D eigenvalue weighted by molar-refractivity contribution is 0.354. The second-order valence-corrected chi connectivity index (χ2v) is 9.96. The van der Waals surface area contributed by atoms with E-state index in [4.69, 9.17) is 14.5 Å². The molecular formula is C25H25N3O3S2. The summed E-state index contributed by atoms with van der Waals surface area (Å²) in [5.74, 6) is 2.05. The lowest BCUT2D eigenvalue weighted by Gasteiger charge is -2.13. The maximum absolute atomic E-state index is 13.7. The van der Waals surface area contributed by atoms with Gasteiger partial charge < -0.3 is 9.47 Å². The van der Waals surface area contributed by atoms with Crippen molar-refractivity contribution in [3.63, 3.8) is 0 Å². The number of nitrogens with zero attached hydrogens (tertiary/aromatic N) is 3. The van der Waals surface area contributed by atoms with Gasteiger partial charge in [-0.2, -0.15) is 0 Å². The summed E-state index contributed by atoms with van der Waals surface area (Å²) in [7, 11) is 3.26. The van der Waals surface area contributed by atoms with Crippen molar-refractivity contribution in [1.82, 2.24) is 14.5 Å². The molecule has 0 spiro atoms. The SMILES string of the molecule is COc1ccc(CCn2c(SCc3ccccn3)nc3sc4c(c3c2=O)CCC4)cc1OC. The molecule has 3 heterocycles. The molecule has 33 heavy (non-hydrogen) atoms. The zero-order valence-corrected chi connectivity index (χ0v) is 20.3. The maximum Gasteiger partial charge on any atom is 0.263 e. The number of hydrogen-bond acceptors (Lipinski definition) is 7. The van der Waals surface area contributed by atoms with Crippen molar-refractivity contribution in [2.75, 3.05) is 14.2 Å². The minimum atomic E-state index is 0.0726. The fourth-order valence-corrected chi connectivity index (χ4v) is 6.51. The van der Waals surface area contributed by atoms with E-state index in [9.17, 15) is 4.79 Å². The molecule has 0 aliphatic heterocycles. The summed E-state index contributed by atoms with van der Waals surface area (Å²) >= 11 is 3.25. The monoisotopic (exact) mass is 479 g/mol. The Morgan fingerprint density at radius 3 is 2.79 bits per heavy atom. The first-order valence-corrected chi connectivity index (χ1v) is 12.8. The van der Waals surface area contributed by atoms with Crippen LogP contribution >= 0.6 is 23.1 Å². The average Bonchev–Trinajstić information content (AvgIpc) is 3.43. The third kappa shape index (κ3) is 4.37. The number of methoxy groups -OCH3 is 2. The molecule has 0 amide bonds. The summed E-state index contributed by atoms with van der Waals surface area (Å²) in [4.78, 5) is 25.3. The molecule has 4 aromatic rings. The summed E-state index contributed by atoms with van der Waals surface area (Å²) in [5.41, 5.74) is 3.34. The predicted molar refractivity (Wildman–Crippen MR) is 133 cm³/mol. The highest BCUT2D eigenvalue weighted by Gasteiger charge is 2.23. The van der Waals surface area contributed by atoms with E-state index >= 15 is 0 Å². The van der Waals surface area contributed by atoms with Gasteiger partial charge in [0.25, 0.3) is 5.56 Å². The van der Waals surface area contributed by atoms with E-state index < -0.39 is 0 Å². The second-order valence-electron chi connectivity index (χ2n) is 7.94. The van der Waals surface area contributed by atoms with Crippen LogP contribution in [0.15, 0.2) is 52.5 Å². The Labute approximate surface area is 200 Å². The average molecular weight is 480 g/mol. The van der Waals surface area contributed by atoms with E-state index in [0.29, 0.717) is 30.2 Å². The van der Waals surface area contributed by atoms with Gasteiger partial charge >= 0.3 is 0 Å². The number of ether oxygens (including phenoxy) is 2. The molecule has 0 N–H and O–H groups in total. The Bertz CT molecular complexity index is 1350. The number of pyridine rings is 1. The number of rotatable bonds is 8. The van der Waals surface area contributed by atoms with E-state index in [1.54, 1.807) is 43.5 Å². The van der Waals surface area contributed by atoms with Crippen molar-refractivity contribution in [1.29, 1.82) is 0 Å². The Morgan fingerprint density at radius 1 is 1.12 bits per heavy atom. The van der Waals surface area contributed by atoms with E-state index in [1.807, 2.05) is 41.0 Å². The van der Waals surface area contributed by atoms with Crippen LogP contribution < -0.4 is 15.0 Å².